The van der Waals surface area contributed by atoms with Crippen molar-refractivity contribution < 1.29 is 9.59 Å². The van der Waals surface area contributed by atoms with E-state index in [-0.39, 0.29) is 23.8 Å². The van der Waals surface area contributed by atoms with Gasteiger partial charge in [-0.05, 0) is 17.9 Å². The van der Waals surface area contributed by atoms with E-state index in [1.54, 1.807) is 0 Å². The van der Waals surface area contributed by atoms with Gasteiger partial charge in [0, 0.05) is 32.6 Å². The van der Waals surface area contributed by atoms with Gasteiger partial charge in [-0.15, -0.1) is 0 Å². The Kier molecular flexibility index (Phi) is 6.16. The van der Waals surface area contributed by atoms with Gasteiger partial charge >= 0.3 is 0 Å². The van der Waals surface area contributed by atoms with E-state index in [4.69, 9.17) is 0 Å². The molecule has 0 saturated carbocycles. The number of hydrogen-bond acceptors (Lipinski definition) is 3. The first-order valence-corrected chi connectivity index (χ1v) is 8.29. The zero-order chi connectivity index (χ0) is 16.8. The van der Waals surface area contributed by atoms with Crippen molar-refractivity contribution in [2.75, 3.05) is 13.1 Å². The predicted octanol–water partition coefficient (Wildman–Crippen LogP) is 1.54. The minimum absolute atomic E-state index is 0.0701. The Bertz CT molecular complexity index is 530. The molecule has 1 aliphatic rings. The predicted molar refractivity (Wildman–Crippen MR) is 90.7 cm³/mol. The summed E-state index contributed by atoms with van der Waals surface area (Å²) in [4.78, 5) is 26.0. The van der Waals surface area contributed by atoms with Gasteiger partial charge in [-0.1, -0.05) is 44.2 Å². The third-order valence-corrected chi connectivity index (χ3v) is 4.18. The second-order valence-electron chi connectivity index (χ2n) is 6.64. The topological polar surface area (TPSA) is 61.4 Å². The SMILES string of the molecule is CC(=O)N[C@H](C(=O)N[C@H]1CCN(Cc2ccccc2)C1)C(C)C. The van der Waals surface area contributed by atoms with E-state index in [0.717, 1.165) is 26.1 Å². The lowest BCUT2D eigenvalue weighted by molar-refractivity contribution is -0.129. The van der Waals surface area contributed by atoms with Crippen LogP contribution >= 0.6 is 0 Å². The van der Waals surface area contributed by atoms with E-state index in [2.05, 4.69) is 27.7 Å². The molecule has 1 aromatic rings. The number of carbonyl (C=O) groups excluding carboxylic acids is 2. The molecule has 1 saturated heterocycles. The molecule has 126 valence electrons. The van der Waals surface area contributed by atoms with Crippen LogP contribution in [-0.2, 0) is 16.1 Å². The molecule has 0 bridgehead atoms. The number of amides is 2. The van der Waals surface area contributed by atoms with Crippen LogP contribution in [0.3, 0.4) is 0 Å². The van der Waals surface area contributed by atoms with Crippen LogP contribution in [0.4, 0.5) is 0 Å². The molecule has 5 heteroatoms. The summed E-state index contributed by atoms with van der Waals surface area (Å²) >= 11 is 0. The van der Waals surface area contributed by atoms with E-state index in [9.17, 15) is 9.59 Å². The molecule has 0 aromatic heterocycles. The van der Waals surface area contributed by atoms with Gasteiger partial charge in [0.25, 0.3) is 0 Å². The van der Waals surface area contributed by atoms with Crippen LogP contribution in [0.15, 0.2) is 30.3 Å². The second-order valence-corrected chi connectivity index (χ2v) is 6.64. The van der Waals surface area contributed by atoms with Gasteiger partial charge in [0.05, 0.1) is 0 Å². The Balaban J connectivity index is 1.84. The van der Waals surface area contributed by atoms with E-state index in [1.165, 1.54) is 12.5 Å². The quantitative estimate of drug-likeness (QED) is 0.836. The van der Waals surface area contributed by atoms with Crippen LogP contribution in [0, 0.1) is 5.92 Å². The molecule has 5 nitrogen and oxygen atoms in total. The fourth-order valence-corrected chi connectivity index (χ4v) is 2.98. The van der Waals surface area contributed by atoms with Crippen LogP contribution in [0.5, 0.6) is 0 Å². The van der Waals surface area contributed by atoms with Crippen molar-refractivity contribution in [3.05, 3.63) is 35.9 Å². The molecular formula is C18H27N3O2. The maximum absolute atomic E-state index is 12.4. The largest absolute Gasteiger partial charge is 0.350 e. The van der Waals surface area contributed by atoms with Gasteiger partial charge in [0.2, 0.25) is 11.8 Å². The molecule has 0 aliphatic carbocycles. The Hall–Kier alpha value is -1.88. The number of hydrogen-bond donors (Lipinski definition) is 2. The van der Waals surface area contributed by atoms with Crippen molar-refractivity contribution in [2.45, 2.75) is 45.8 Å². The lowest BCUT2D eigenvalue weighted by atomic mass is 10.0. The summed E-state index contributed by atoms with van der Waals surface area (Å²) in [5.74, 6) is -0.182. The third kappa shape index (κ3) is 5.36. The van der Waals surface area contributed by atoms with E-state index >= 15 is 0 Å². The monoisotopic (exact) mass is 317 g/mol. The molecular weight excluding hydrogens is 290 g/mol. The van der Waals surface area contributed by atoms with Gasteiger partial charge in [0.15, 0.2) is 0 Å². The number of nitrogens with zero attached hydrogens (tertiary/aromatic N) is 1. The van der Waals surface area contributed by atoms with Crippen LogP contribution in [0.1, 0.15) is 32.8 Å². The average molecular weight is 317 g/mol. The number of nitrogens with one attached hydrogen (secondary N) is 2. The van der Waals surface area contributed by atoms with Crippen molar-refractivity contribution in [3.8, 4) is 0 Å². The van der Waals surface area contributed by atoms with Crippen LogP contribution < -0.4 is 10.6 Å². The van der Waals surface area contributed by atoms with Crippen LogP contribution in [-0.4, -0.2) is 41.9 Å². The molecule has 2 amide bonds. The number of carbonyl (C=O) groups is 2. The Morgan fingerprint density at radius 2 is 1.96 bits per heavy atom. The lowest BCUT2D eigenvalue weighted by Gasteiger charge is -2.23. The molecule has 23 heavy (non-hydrogen) atoms. The molecule has 1 aromatic carbocycles. The number of benzene rings is 1. The zero-order valence-corrected chi connectivity index (χ0v) is 14.2. The second kappa shape index (κ2) is 8.11. The minimum Gasteiger partial charge on any atom is -0.350 e. The van der Waals surface area contributed by atoms with E-state index < -0.39 is 6.04 Å². The normalized spacial score (nSPS) is 19.6. The van der Waals surface area contributed by atoms with Gasteiger partial charge < -0.3 is 10.6 Å². The first kappa shape index (κ1) is 17.5. The number of rotatable bonds is 6. The summed E-state index contributed by atoms with van der Waals surface area (Å²) in [5.41, 5.74) is 1.29. The van der Waals surface area contributed by atoms with Crippen molar-refractivity contribution in [2.24, 2.45) is 5.92 Å². The van der Waals surface area contributed by atoms with E-state index in [1.807, 2.05) is 32.0 Å². The van der Waals surface area contributed by atoms with Crippen molar-refractivity contribution >= 4 is 11.8 Å². The molecule has 0 spiro atoms. The highest BCUT2D eigenvalue weighted by Gasteiger charge is 2.28. The highest BCUT2D eigenvalue weighted by Crippen LogP contribution is 2.14. The van der Waals surface area contributed by atoms with Gasteiger partial charge in [0.1, 0.15) is 6.04 Å². The molecule has 1 aliphatic heterocycles. The Morgan fingerprint density at radius 1 is 1.26 bits per heavy atom. The Morgan fingerprint density at radius 3 is 2.57 bits per heavy atom. The molecule has 0 radical (unpaired) electrons. The summed E-state index contributed by atoms with van der Waals surface area (Å²) in [6.07, 6.45) is 0.948. The molecule has 1 fully saturated rings. The van der Waals surface area contributed by atoms with Crippen LogP contribution in [0.25, 0.3) is 0 Å². The average Bonchev–Trinajstić information content (AvgIpc) is 2.92. The highest BCUT2D eigenvalue weighted by molar-refractivity contribution is 5.87. The molecule has 2 rings (SSSR count). The van der Waals surface area contributed by atoms with Gasteiger partial charge in [-0.2, -0.15) is 0 Å². The third-order valence-electron chi connectivity index (χ3n) is 4.18. The fourth-order valence-electron chi connectivity index (χ4n) is 2.98. The summed E-state index contributed by atoms with van der Waals surface area (Å²) in [6, 6.07) is 10.0. The lowest BCUT2D eigenvalue weighted by Crippen LogP contribution is -2.52. The summed E-state index contributed by atoms with van der Waals surface area (Å²) in [6.45, 7) is 8.07. The van der Waals surface area contributed by atoms with Gasteiger partial charge in [-0.25, -0.2) is 0 Å². The fraction of sp³-hybridized carbons (Fsp3) is 0.556. The summed E-state index contributed by atoms with van der Waals surface area (Å²) in [5, 5.41) is 5.83. The summed E-state index contributed by atoms with van der Waals surface area (Å²) in [7, 11) is 0. The first-order valence-electron chi connectivity index (χ1n) is 8.29. The summed E-state index contributed by atoms with van der Waals surface area (Å²) < 4.78 is 0. The van der Waals surface area contributed by atoms with Crippen molar-refractivity contribution in [1.82, 2.24) is 15.5 Å². The van der Waals surface area contributed by atoms with Crippen molar-refractivity contribution in [1.29, 1.82) is 0 Å². The Labute approximate surface area is 138 Å². The maximum atomic E-state index is 12.4. The zero-order valence-electron chi connectivity index (χ0n) is 14.2. The van der Waals surface area contributed by atoms with Gasteiger partial charge in [-0.3, -0.25) is 14.5 Å². The minimum atomic E-state index is -0.462. The van der Waals surface area contributed by atoms with E-state index in [0.29, 0.717) is 0 Å². The van der Waals surface area contributed by atoms with Crippen LogP contribution in [0.2, 0.25) is 0 Å². The number of likely N-dealkylation sites (tertiary alicyclic amines) is 1. The highest BCUT2D eigenvalue weighted by atomic mass is 16.2. The van der Waals surface area contributed by atoms with Crippen molar-refractivity contribution in [3.63, 3.8) is 0 Å². The molecule has 1 heterocycles. The molecule has 2 N–H and O–H groups in total. The molecule has 0 unspecified atom stereocenters. The smallest absolute Gasteiger partial charge is 0.243 e. The maximum Gasteiger partial charge on any atom is 0.243 e. The first-order chi connectivity index (χ1) is 11.0. The standard InChI is InChI=1S/C18H27N3O2/c1-13(2)17(19-14(3)22)18(23)20-16-9-10-21(12-16)11-15-7-5-4-6-8-15/h4-8,13,16-17H,9-12H2,1-3H3,(H,19,22)(H,20,23)/t16-,17-/m0/s1. The molecule has 2 atom stereocenters.